The van der Waals surface area contributed by atoms with Gasteiger partial charge in [0.15, 0.2) is 5.69 Å². The fourth-order valence-corrected chi connectivity index (χ4v) is 3.98. The maximum absolute atomic E-state index is 13.2. The first kappa shape index (κ1) is 20.3. The summed E-state index contributed by atoms with van der Waals surface area (Å²) in [6, 6.07) is 8.29. The Balaban J connectivity index is 1.44. The van der Waals surface area contributed by atoms with Crippen LogP contribution in [0.1, 0.15) is 41.4 Å². The van der Waals surface area contributed by atoms with Gasteiger partial charge in [-0.2, -0.15) is 0 Å². The SMILES string of the molecule is CCn1ccnc1CN1CCN(C(=O)c2nnn(-c3ccc(C)cc3)c2C)CC1C. The standard InChI is InChI=1S/C22H29N7O/c1-5-26-11-10-23-20(26)15-27-12-13-28(14-17(27)3)22(30)21-18(4)29(25-24-21)19-8-6-16(2)7-9-19/h6-11,17H,5,12-15H2,1-4H3. The van der Waals surface area contributed by atoms with Crippen molar-refractivity contribution in [3.8, 4) is 5.69 Å². The fourth-order valence-electron chi connectivity index (χ4n) is 3.98. The molecule has 0 N–H and O–H groups in total. The van der Waals surface area contributed by atoms with Crippen molar-refractivity contribution in [1.82, 2.24) is 34.3 Å². The van der Waals surface area contributed by atoms with Crippen LogP contribution < -0.4 is 0 Å². The van der Waals surface area contributed by atoms with Crippen LogP contribution in [0.25, 0.3) is 5.69 Å². The minimum absolute atomic E-state index is 0.0487. The molecule has 0 spiro atoms. The van der Waals surface area contributed by atoms with Crippen molar-refractivity contribution in [2.45, 2.75) is 46.8 Å². The van der Waals surface area contributed by atoms with Crippen molar-refractivity contribution in [2.24, 2.45) is 0 Å². The lowest BCUT2D eigenvalue weighted by molar-refractivity contribution is 0.0480. The monoisotopic (exact) mass is 407 g/mol. The third-order valence-electron chi connectivity index (χ3n) is 5.91. The van der Waals surface area contributed by atoms with Gasteiger partial charge in [-0.1, -0.05) is 22.9 Å². The van der Waals surface area contributed by atoms with Crippen LogP contribution in [0.15, 0.2) is 36.7 Å². The topological polar surface area (TPSA) is 72.1 Å². The summed E-state index contributed by atoms with van der Waals surface area (Å²) < 4.78 is 3.90. The van der Waals surface area contributed by atoms with Gasteiger partial charge in [-0.3, -0.25) is 9.69 Å². The minimum atomic E-state index is -0.0487. The van der Waals surface area contributed by atoms with Crippen molar-refractivity contribution in [3.63, 3.8) is 0 Å². The molecular formula is C22H29N7O. The second-order valence-corrected chi connectivity index (χ2v) is 7.97. The molecule has 1 aliphatic rings. The van der Waals surface area contributed by atoms with Gasteiger partial charge in [-0.25, -0.2) is 9.67 Å². The third-order valence-corrected chi connectivity index (χ3v) is 5.91. The number of hydrogen-bond donors (Lipinski definition) is 0. The lowest BCUT2D eigenvalue weighted by atomic mass is 10.1. The Morgan fingerprint density at radius 3 is 2.63 bits per heavy atom. The summed E-state index contributed by atoms with van der Waals surface area (Å²) in [6.07, 6.45) is 3.86. The molecule has 0 aliphatic carbocycles. The van der Waals surface area contributed by atoms with Crippen LogP contribution in [0, 0.1) is 13.8 Å². The van der Waals surface area contributed by atoms with Gasteiger partial charge in [-0.15, -0.1) is 5.10 Å². The number of imidazole rings is 1. The summed E-state index contributed by atoms with van der Waals surface area (Å²) >= 11 is 0. The molecule has 1 unspecified atom stereocenters. The van der Waals surface area contributed by atoms with Crippen LogP contribution in [0.2, 0.25) is 0 Å². The van der Waals surface area contributed by atoms with E-state index in [0.717, 1.165) is 36.8 Å². The second kappa shape index (κ2) is 8.39. The zero-order valence-corrected chi connectivity index (χ0v) is 18.1. The molecule has 8 heteroatoms. The molecule has 8 nitrogen and oxygen atoms in total. The van der Waals surface area contributed by atoms with E-state index in [9.17, 15) is 4.79 Å². The third kappa shape index (κ3) is 3.87. The summed E-state index contributed by atoms with van der Waals surface area (Å²) in [4.78, 5) is 21.9. The number of carbonyl (C=O) groups excluding carboxylic acids is 1. The predicted molar refractivity (Wildman–Crippen MR) is 115 cm³/mol. The molecule has 30 heavy (non-hydrogen) atoms. The van der Waals surface area contributed by atoms with Gasteiger partial charge < -0.3 is 9.47 Å². The number of piperazine rings is 1. The van der Waals surface area contributed by atoms with Crippen LogP contribution in [-0.2, 0) is 13.1 Å². The van der Waals surface area contributed by atoms with Crippen LogP contribution >= 0.6 is 0 Å². The average Bonchev–Trinajstić information content (AvgIpc) is 3.35. The first-order valence-corrected chi connectivity index (χ1v) is 10.5. The molecule has 1 aliphatic heterocycles. The lowest BCUT2D eigenvalue weighted by Crippen LogP contribution is -2.53. The molecule has 1 amide bonds. The van der Waals surface area contributed by atoms with Crippen molar-refractivity contribution < 1.29 is 4.79 Å². The summed E-state index contributed by atoms with van der Waals surface area (Å²) in [5.41, 5.74) is 3.29. The maximum Gasteiger partial charge on any atom is 0.276 e. The van der Waals surface area contributed by atoms with Gasteiger partial charge in [0, 0.05) is 44.6 Å². The van der Waals surface area contributed by atoms with Gasteiger partial charge >= 0.3 is 0 Å². The van der Waals surface area contributed by atoms with Gasteiger partial charge in [0.25, 0.3) is 5.91 Å². The van der Waals surface area contributed by atoms with Crippen LogP contribution in [0.5, 0.6) is 0 Å². The molecule has 0 radical (unpaired) electrons. The van der Waals surface area contributed by atoms with Gasteiger partial charge in [0.1, 0.15) is 5.82 Å². The van der Waals surface area contributed by atoms with E-state index < -0.39 is 0 Å². The fraction of sp³-hybridized carbons (Fsp3) is 0.455. The highest BCUT2D eigenvalue weighted by Gasteiger charge is 2.30. The Hall–Kier alpha value is -3.00. The Morgan fingerprint density at radius 1 is 1.17 bits per heavy atom. The molecule has 1 fully saturated rings. The number of nitrogens with zero attached hydrogens (tertiary/aromatic N) is 7. The number of aryl methyl sites for hydroxylation is 2. The molecule has 0 bridgehead atoms. The van der Waals surface area contributed by atoms with Gasteiger partial charge in [-0.05, 0) is 39.8 Å². The number of hydrogen-bond acceptors (Lipinski definition) is 5. The molecule has 1 aromatic carbocycles. The first-order valence-electron chi connectivity index (χ1n) is 10.5. The number of carbonyl (C=O) groups is 1. The average molecular weight is 408 g/mol. The van der Waals surface area contributed by atoms with E-state index in [1.165, 1.54) is 5.56 Å². The zero-order chi connectivity index (χ0) is 21.3. The zero-order valence-electron chi connectivity index (χ0n) is 18.1. The van der Waals surface area contributed by atoms with E-state index in [4.69, 9.17) is 0 Å². The van der Waals surface area contributed by atoms with Crippen LogP contribution in [-0.4, -0.2) is 65.9 Å². The number of amides is 1. The molecule has 158 valence electrons. The highest BCUT2D eigenvalue weighted by Crippen LogP contribution is 2.18. The second-order valence-electron chi connectivity index (χ2n) is 7.97. The highest BCUT2D eigenvalue weighted by molar-refractivity contribution is 5.93. The van der Waals surface area contributed by atoms with Crippen LogP contribution in [0.4, 0.5) is 0 Å². The normalized spacial score (nSPS) is 17.5. The predicted octanol–water partition coefficient (Wildman–Crippen LogP) is 2.45. The molecule has 0 saturated carbocycles. The van der Waals surface area contributed by atoms with E-state index in [2.05, 4.69) is 38.6 Å². The summed E-state index contributed by atoms with van der Waals surface area (Å²) in [5, 5.41) is 8.44. The number of benzene rings is 1. The molecule has 3 heterocycles. The molecule has 4 rings (SSSR count). The Kier molecular flexibility index (Phi) is 5.67. The summed E-state index contributed by atoms with van der Waals surface area (Å²) in [5.74, 6) is 1.02. The Labute approximate surface area is 177 Å². The van der Waals surface area contributed by atoms with E-state index in [-0.39, 0.29) is 11.9 Å². The quantitative estimate of drug-likeness (QED) is 0.650. The van der Waals surface area contributed by atoms with E-state index in [1.54, 1.807) is 4.68 Å². The molecule has 1 atom stereocenters. The molecule has 3 aromatic rings. The number of aromatic nitrogens is 5. The van der Waals surface area contributed by atoms with Crippen molar-refractivity contribution >= 4 is 5.91 Å². The van der Waals surface area contributed by atoms with E-state index in [1.807, 2.05) is 55.4 Å². The number of rotatable bonds is 5. The van der Waals surface area contributed by atoms with Crippen molar-refractivity contribution in [3.05, 3.63) is 59.4 Å². The summed E-state index contributed by atoms with van der Waals surface area (Å²) in [6.45, 7) is 12.1. The van der Waals surface area contributed by atoms with Crippen LogP contribution in [0.3, 0.4) is 0 Å². The van der Waals surface area contributed by atoms with E-state index >= 15 is 0 Å². The lowest BCUT2D eigenvalue weighted by Gasteiger charge is -2.39. The summed E-state index contributed by atoms with van der Waals surface area (Å²) in [7, 11) is 0. The van der Waals surface area contributed by atoms with Gasteiger partial charge in [0.2, 0.25) is 0 Å². The smallest absolute Gasteiger partial charge is 0.276 e. The van der Waals surface area contributed by atoms with Crippen molar-refractivity contribution in [2.75, 3.05) is 19.6 Å². The van der Waals surface area contributed by atoms with Crippen molar-refractivity contribution in [1.29, 1.82) is 0 Å². The molecular weight excluding hydrogens is 378 g/mol. The first-order chi connectivity index (χ1) is 14.5. The molecule has 2 aromatic heterocycles. The van der Waals surface area contributed by atoms with E-state index in [0.29, 0.717) is 18.8 Å². The maximum atomic E-state index is 13.2. The Morgan fingerprint density at radius 2 is 1.93 bits per heavy atom. The largest absolute Gasteiger partial charge is 0.334 e. The highest BCUT2D eigenvalue weighted by atomic mass is 16.2. The minimum Gasteiger partial charge on any atom is -0.334 e. The Bertz CT molecular complexity index is 1020. The molecule has 1 saturated heterocycles. The van der Waals surface area contributed by atoms with Gasteiger partial charge in [0.05, 0.1) is 17.9 Å².